The average molecular weight is 605 g/mol. The number of amides is 1. The van der Waals surface area contributed by atoms with Gasteiger partial charge in [0.1, 0.15) is 0 Å². The number of carboxylic acids is 1. The van der Waals surface area contributed by atoms with Crippen molar-refractivity contribution in [2.45, 2.75) is 63.8 Å². The van der Waals surface area contributed by atoms with Crippen molar-refractivity contribution in [1.82, 2.24) is 4.90 Å². The number of carbonyl (C=O) groups excluding carboxylic acids is 1. The third kappa shape index (κ3) is 7.95. The number of aliphatic hydroxyl groups is 1. The lowest BCUT2D eigenvalue weighted by Gasteiger charge is -2.39. The van der Waals surface area contributed by atoms with Crippen molar-refractivity contribution in [2.24, 2.45) is 0 Å². The summed E-state index contributed by atoms with van der Waals surface area (Å²) in [5.74, 6) is 0.295. The number of benzene rings is 3. The maximum Gasteiger partial charge on any atom is 0.303 e. The molecule has 2 aliphatic heterocycles. The number of aliphatic hydroxyl groups excluding tert-OH is 1. The minimum Gasteiger partial charge on any atom is -0.493 e. The molecule has 0 aromatic heterocycles. The molecule has 10 heteroatoms. The number of anilines is 1. The molecule has 0 aliphatic carbocycles. The lowest BCUT2D eigenvalue weighted by atomic mass is 9.97. The van der Waals surface area contributed by atoms with E-state index in [0.29, 0.717) is 18.7 Å². The molecular weight excluding hydrogens is 564 g/mol. The zero-order chi connectivity index (χ0) is 31.1. The lowest BCUT2D eigenvalue weighted by molar-refractivity contribution is -0.253. The second kappa shape index (κ2) is 14.7. The average Bonchev–Trinajstić information content (AvgIpc) is 3.04. The second-order valence-corrected chi connectivity index (χ2v) is 11.2. The van der Waals surface area contributed by atoms with E-state index in [1.165, 1.54) is 11.1 Å². The number of rotatable bonds is 12. The molecule has 0 spiro atoms. The summed E-state index contributed by atoms with van der Waals surface area (Å²) in [4.78, 5) is 25.6. The van der Waals surface area contributed by atoms with Crippen molar-refractivity contribution >= 4 is 17.6 Å². The summed E-state index contributed by atoms with van der Waals surface area (Å²) in [6, 6.07) is 19.3. The van der Waals surface area contributed by atoms with Crippen LogP contribution in [-0.2, 0) is 38.6 Å². The predicted octanol–water partition coefficient (Wildman–Crippen LogP) is 4.99. The van der Waals surface area contributed by atoms with Crippen molar-refractivity contribution in [3.05, 3.63) is 88.5 Å². The minimum atomic E-state index is -0.921. The predicted molar refractivity (Wildman–Crippen MR) is 164 cm³/mol. The lowest BCUT2D eigenvalue weighted by Crippen LogP contribution is -2.41. The first-order valence-corrected chi connectivity index (χ1v) is 14.9. The highest BCUT2D eigenvalue weighted by atomic mass is 16.7. The summed E-state index contributed by atoms with van der Waals surface area (Å²) in [7, 11) is 3.30. The second-order valence-electron chi connectivity index (χ2n) is 11.2. The van der Waals surface area contributed by atoms with E-state index in [4.69, 9.17) is 24.1 Å². The molecule has 3 N–H and O–H groups in total. The van der Waals surface area contributed by atoms with E-state index >= 15 is 0 Å². The highest BCUT2D eigenvalue weighted by Crippen LogP contribution is 2.39. The van der Waals surface area contributed by atoms with Gasteiger partial charge < -0.3 is 34.5 Å². The van der Waals surface area contributed by atoms with Gasteiger partial charge in [0, 0.05) is 50.1 Å². The molecule has 2 heterocycles. The molecule has 1 amide bonds. The molecule has 0 radical (unpaired) electrons. The van der Waals surface area contributed by atoms with E-state index in [1.54, 1.807) is 20.3 Å². The molecule has 0 bridgehead atoms. The molecule has 1 fully saturated rings. The van der Waals surface area contributed by atoms with Gasteiger partial charge in [-0.15, -0.1) is 0 Å². The van der Waals surface area contributed by atoms with Crippen LogP contribution in [0, 0.1) is 0 Å². The minimum absolute atomic E-state index is 0.0257. The van der Waals surface area contributed by atoms with Crippen molar-refractivity contribution in [3.8, 4) is 11.5 Å². The Morgan fingerprint density at radius 3 is 2.41 bits per heavy atom. The molecular formula is C34H40N2O8. The molecule has 0 saturated carbocycles. The third-order valence-corrected chi connectivity index (χ3v) is 8.11. The fourth-order valence-corrected chi connectivity index (χ4v) is 5.81. The van der Waals surface area contributed by atoms with Crippen LogP contribution in [-0.4, -0.2) is 60.4 Å². The Balaban J connectivity index is 1.32. The SMILES string of the molecule is COc1cc2c(cc1OC)CN(CC1CC(c3ccc(CO)cc3)OC(c3cccc(NC(=O)CCCC(=O)O)c3)O1)CC2. The Bertz CT molecular complexity index is 1440. The molecule has 2 aliphatic rings. The molecule has 44 heavy (non-hydrogen) atoms. The number of aliphatic carboxylic acids is 1. The summed E-state index contributed by atoms with van der Waals surface area (Å²) in [6.45, 7) is 2.33. The van der Waals surface area contributed by atoms with Gasteiger partial charge in [0.05, 0.1) is 33.0 Å². The first-order chi connectivity index (χ1) is 21.3. The largest absolute Gasteiger partial charge is 0.493 e. The zero-order valence-electron chi connectivity index (χ0n) is 25.2. The van der Waals surface area contributed by atoms with Gasteiger partial charge in [-0.05, 0) is 59.4 Å². The first-order valence-electron chi connectivity index (χ1n) is 14.9. The van der Waals surface area contributed by atoms with Crippen LogP contribution >= 0.6 is 0 Å². The molecule has 3 aromatic carbocycles. The van der Waals surface area contributed by atoms with Crippen molar-refractivity contribution in [3.63, 3.8) is 0 Å². The van der Waals surface area contributed by atoms with Gasteiger partial charge in [-0.2, -0.15) is 0 Å². The van der Waals surface area contributed by atoms with Crippen molar-refractivity contribution in [2.75, 3.05) is 32.6 Å². The van der Waals surface area contributed by atoms with Gasteiger partial charge in [-0.1, -0.05) is 36.4 Å². The van der Waals surface area contributed by atoms with Gasteiger partial charge in [-0.25, -0.2) is 0 Å². The number of fused-ring (bicyclic) bond motifs is 1. The number of nitrogens with zero attached hydrogens (tertiary/aromatic N) is 1. The number of carbonyl (C=O) groups is 2. The monoisotopic (exact) mass is 604 g/mol. The summed E-state index contributed by atoms with van der Waals surface area (Å²) in [6.07, 6.45) is 0.862. The number of methoxy groups -OCH3 is 2. The van der Waals surface area contributed by atoms with Gasteiger partial charge >= 0.3 is 5.97 Å². The van der Waals surface area contributed by atoms with E-state index < -0.39 is 12.3 Å². The summed E-state index contributed by atoms with van der Waals surface area (Å²) >= 11 is 0. The van der Waals surface area contributed by atoms with Gasteiger partial charge in [0.25, 0.3) is 0 Å². The standard InChI is InChI=1S/C34H40N2O8/c1-41-30-16-24-13-14-36(19-26(24)17-31(30)42-2)20-28-18-29(23-11-9-22(21-37)10-12-23)44-34(43-28)25-5-3-6-27(15-25)35-32(38)7-4-8-33(39)40/h3,5-6,9-12,15-17,28-29,34,37H,4,7-8,13-14,18-21H2,1-2H3,(H,35,38)(H,39,40). The fraction of sp³-hybridized carbons (Fsp3) is 0.412. The van der Waals surface area contributed by atoms with Crippen LogP contribution in [0.3, 0.4) is 0 Å². The Labute approximate surface area is 257 Å². The van der Waals surface area contributed by atoms with E-state index in [1.807, 2.05) is 42.5 Å². The molecule has 234 valence electrons. The summed E-state index contributed by atoms with van der Waals surface area (Å²) in [5, 5.41) is 21.2. The maximum absolute atomic E-state index is 12.4. The van der Waals surface area contributed by atoms with Crippen molar-refractivity contribution in [1.29, 1.82) is 0 Å². The summed E-state index contributed by atoms with van der Waals surface area (Å²) < 4.78 is 24.1. The van der Waals surface area contributed by atoms with Crippen LogP contribution in [0.15, 0.2) is 60.7 Å². The van der Waals surface area contributed by atoms with E-state index in [0.717, 1.165) is 47.7 Å². The van der Waals surface area contributed by atoms with Crippen LogP contribution in [0.5, 0.6) is 11.5 Å². The Morgan fingerprint density at radius 2 is 1.70 bits per heavy atom. The number of ether oxygens (including phenoxy) is 4. The highest BCUT2D eigenvalue weighted by molar-refractivity contribution is 5.90. The molecule has 10 nitrogen and oxygen atoms in total. The molecule has 3 aromatic rings. The molecule has 5 rings (SSSR count). The van der Waals surface area contributed by atoms with E-state index in [2.05, 4.69) is 22.3 Å². The highest BCUT2D eigenvalue weighted by Gasteiger charge is 2.34. The third-order valence-electron chi connectivity index (χ3n) is 8.11. The van der Waals surface area contributed by atoms with E-state index in [-0.39, 0.29) is 44.0 Å². The maximum atomic E-state index is 12.4. The van der Waals surface area contributed by atoms with Crippen LogP contribution in [0.4, 0.5) is 5.69 Å². The molecule has 3 unspecified atom stereocenters. The fourth-order valence-electron chi connectivity index (χ4n) is 5.81. The normalized spacial score (nSPS) is 20.0. The van der Waals surface area contributed by atoms with Crippen LogP contribution < -0.4 is 14.8 Å². The number of hydrogen-bond acceptors (Lipinski definition) is 8. The Morgan fingerprint density at radius 1 is 0.955 bits per heavy atom. The number of carboxylic acid groups (broad SMARTS) is 1. The van der Waals surface area contributed by atoms with Gasteiger partial charge in [-0.3, -0.25) is 14.5 Å². The molecule has 1 saturated heterocycles. The molecule has 3 atom stereocenters. The van der Waals surface area contributed by atoms with Crippen molar-refractivity contribution < 1.29 is 38.7 Å². The van der Waals surface area contributed by atoms with Gasteiger partial charge in [0.2, 0.25) is 5.91 Å². The summed E-state index contributed by atoms with van der Waals surface area (Å²) in [5.41, 5.74) is 5.67. The van der Waals surface area contributed by atoms with Gasteiger partial charge in [0.15, 0.2) is 17.8 Å². The van der Waals surface area contributed by atoms with Crippen LogP contribution in [0.25, 0.3) is 0 Å². The first kappa shape index (κ1) is 31.5. The van der Waals surface area contributed by atoms with Crippen LogP contribution in [0.2, 0.25) is 0 Å². The quantitative estimate of drug-likeness (QED) is 0.262. The van der Waals surface area contributed by atoms with Crippen LogP contribution in [0.1, 0.15) is 65.9 Å². The zero-order valence-corrected chi connectivity index (χ0v) is 25.2. The Kier molecular flexibility index (Phi) is 10.5. The van der Waals surface area contributed by atoms with E-state index in [9.17, 15) is 14.7 Å². The topological polar surface area (TPSA) is 127 Å². The Hall–Kier alpha value is -3.96. The smallest absolute Gasteiger partial charge is 0.303 e. The number of hydrogen-bond donors (Lipinski definition) is 3. The number of nitrogens with one attached hydrogen (secondary N) is 1.